The Morgan fingerprint density at radius 1 is 1.26 bits per heavy atom. The van der Waals surface area contributed by atoms with Gasteiger partial charge in [-0.25, -0.2) is 8.78 Å². The van der Waals surface area contributed by atoms with Crippen molar-refractivity contribution in [3.8, 4) is 0 Å². The van der Waals surface area contributed by atoms with E-state index in [4.69, 9.17) is 5.11 Å². The number of fused-ring (bicyclic) bond motifs is 1. The first kappa shape index (κ1) is 16.7. The summed E-state index contributed by atoms with van der Waals surface area (Å²) in [5, 5.41) is 10.5. The smallest absolute Gasteiger partial charge is 0.322 e. The molecule has 122 valence electrons. The number of halogens is 2. The van der Waals surface area contributed by atoms with Crippen LogP contribution in [-0.2, 0) is 19.8 Å². The Balaban J connectivity index is 2.53. The Morgan fingerprint density at radius 3 is 2.43 bits per heavy atom. The Labute approximate surface area is 129 Å². The van der Waals surface area contributed by atoms with E-state index < -0.39 is 58.5 Å². The van der Waals surface area contributed by atoms with Crippen LogP contribution in [0.2, 0.25) is 0 Å². The summed E-state index contributed by atoms with van der Waals surface area (Å²) in [6, 6.07) is 1.76. The Morgan fingerprint density at radius 2 is 1.87 bits per heavy atom. The maximum Gasteiger partial charge on any atom is 0.322 e. The molecule has 1 unspecified atom stereocenters. The molecule has 8 heteroatoms. The van der Waals surface area contributed by atoms with E-state index in [0.717, 1.165) is 12.1 Å². The van der Waals surface area contributed by atoms with Crippen molar-refractivity contribution >= 4 is 23.4 Å². The highest BCUT2D eigenvalue weighted by Gasteiger charge is 2.51. The third-order valence-electron chi connectivity index (χ3n) is 3.80. The fourth-order valence-corrected chi connectivity index (χ4v) is 2.63. The van der Waals surface area contributed by atoms with E-state index in [1.807, 2.05) is 5.32 Å². The molecule has 2 N–H and O–H groups in total. The van der Waals surface area contributed by atoms with Gasteiger partial charge in [-0.2, -0.15) is 0 Å². The summed E-state index contributed by atoms with van der Waals surface area (Å²) >= 11 is 0. The van der Waals surface area contributed by atoms with Gasteiger partial charge in [0.15, 0.2) is 29.1 Å². The van der Waals surface area contributed by atoms with Gasteiger partial charge >= 0.3 is 5.97 Å². The van der Waals surface area contributed by atoms with Crippen LogP contribution in [0.15, 0.2) is 12.1 Å². The molecule has 6 nitrogen and oxygen atoms in total. The number of Topliss-reactive ketones (excluding diaryl/α,β-unsaturated/α-hetero) is 2. The predicted molar refractivity (Wildman–Crippen MR) is 72.9 cm³/mol. The van der Waals surface area contributed by atoms with Crippen molar-refractivity contribution in [2.45, 2.75) is 19.3 Å². The molecule has 1 aliphatic carbocycles. The minimum absolute atomic E-state index is 0.260. The molecular weight excluding hydrogens is 312 g/mol. The zero-order valence-electron chi connectivity index (χ0n) is 12.3. The number of hydrogen-bond donors (Lipinski definition) is 2. The van der Waals surface area contributed by atoms with Crippen LogP contribution in [0.3, 0.4) is 0 Å². The second-order valence-electron chi connectivity index (χ2n) is 5.68. The van der Waals surface area contributed by atoms with Gasteiger partial charge in [0.2, 0.25) is 5.91 Å². The van der Waals surface area contributed by atoms with Crippen LogP contribution in [-0.4, -0.2) is 35.1 Å². The third kappa shape index (κ3) is 2.60. The maximum atomic E-state index is 14.1. The average molecular weight is 325 g/mol. The number of aliphatic carboxylic acids is 1. The highest BCUT2D eigenvalue weighted by molar-refractivity contribution is 6.28. The van der Waals surface area contributed by atoms with E-state index in [0.29, 0.717) is 0 Å². The predicted octanol–water partition coefficient (Wildman–Crippen LogP) is 0.825. The summed E-state index contributed by atoms with van der Waals surface area (Å²) in [5.41, 5.74) is -2.26. The lowest BCUT2D eigenvalue weighted by molar-refractivity contribution is -0.140. The molecule has 0 radical (unpaired) electrons. The zero-order valence-corrected chi connectivity index (χ0v) is 12.3. The number of hydrogen-bond acceptors (Lipinski definition) is 4. The summed E-state index contributed by atoms with van der Waals surface area (Å²) in [4.78, 5) is 47.3. The molecule has 1 aromatic carbocycles. The number of benzene rings is 1. The summed E-state index contributed by atoms with van der Waals surface area (Å²) in [6.07, 6.45) is 0. The first-order chi connectivity index (χ1) is 10.6. The quantitative estimate of drug-likeness (QED) is 0.802. The highest BCUT2D eigenvalue weighted by Crippen LogP contribution is 2.39. The molecule has 0 aromatic heterocycles. The van der Waals surface area contributed by atoms with Crippen molar-refractivity contribution in [2.24, 2.45) is 5.92 Å². The van der Waals surface area contributed by atoms with Crippen molar-refractivity contribution in [1.82, 2.24) is 5.32 Å². The van der Waals surface area contributed by atoms with E-state index >= 15 is 0 Å². The van der Waals surface area contributed by atoms with E-state index in [1.54, 1.807) is 0 Å². The minimum Gasteiger partial charge on any atom is -0.480 e. The van der Waals surface area contributed by atoms with Crippen LogP contribution < -0.4 is 5.32 Å². The molecular formula is C15H13F2NO5. The van der Waals surface area contributed by atoms with E-state index in [2.05, 4.69) is 0 Å². The number of nitrogens with one attached hydrogen (secondary N) is 1. The fraction of sp³-hybridized carbons (Fsp3) is 0.333. The molecule has 0 spiro atoms. The number of rotatable bonds is 3. The SMILES string of the molecule is CC1(C)C(=O)C(C(=O)NCC(=O)O)C(=O)c2ccc(F)c(F)c21. The van der Waals surface area contributed by atoms with Gasteiger partial charge in [0.25, 0.3) is 0 Å². The molecule has 1 atom stereocenters. The van der Waals surface area contributed by atoms with Crippen molar-refractivity contribution < 1.29 is 33.1 Å². The third-order valence-corrected chi connectivity index (χ3v) is 3.80. The number of carbonyl (C=O) groups excluding carboxylic acids is 3. The fourth-order valence-electron chi connectivity index (χ4n) is 2.63. The molecule has 0 bridgehead atoms. The Bertz CT molecular complexity index is 742. The number of carboxylic acid groups (broad SMARTS) is 1. The molecule has 1 aromatic rings. The highest BCUT2D eigenvalue weighted by atomic mass is 19.2. The summed E-state index contributed by atoms with van der Waals surface area (Å²) in [6.45, 7) is 1.79. The van der Waals surface area contributed by atoms with Gasteiger partial charge in [-0.05, 0) is 26.0 Å². The monoisotopic (exact) mass is 325 g/mol. The second-order valence-corrected chi connectivity index (χ2v) is 5.68. The van der Waals surface area contributed by atoms with Gasteiger partial charge in [0.1, 0.15) is 6.54 Å². The van der Waals surface area contributed by atoms with E-state index in [-0.39, 0.29) is 5.56 Å². The largest absolute Gasteiger partial charge is 0.480 e. The zero-order chi connectivity index (χ0) is 17.5. The molecule has 23 heavy (non-hydrogen) atoms. The summed E-state index contributed by atoms with van der Waals surface area (Å²) < 4.78 is 27.5. The average Bonchev–Trinajstić information content (AvgIpc) is 2.46. The van der Waals surface area contributed by atoms with Gasteiger partial charge in [-0.1, -0.05) is 0 Å². The Hall–Kier alpha value is -2.64. The first-order valence-electron chi connectivity index (χ1n) is 6.65. The van der Waals surface area contributed by atoms with Crippen LogP contribution in [0.25, 0.3) is 0 Å². The summed E-state index contributed by atoms with van der Waals surface area (Å²) in [7, 11) is 0. The molecule has 0 saturated carbocycles. The molecule has 1 amide bonds. The number of ketones is 2. The number of carboxylic acids is 1. The maximum absolute atomic E-state index is 14.1. The molecule has 0 heterocycles. The standard InChI is InChI=1S/C15H13F2NO5/c1-15(2)10-6(3-4-7(16)11(10)17)12(21)9(13(15)22)14(23)18-5-8(19)20/h3-4,9H,5H2,1-2H3,(H,18,23)(H,19,20). The molecule has 2 rings (SSSR count). The lowest BCUT2D eigenvalue weighted by atomic mass is 9.66. The number of amides is 1. The van der Waals surface area contributed by atoms with Crippen molar-refractivity contribution in [1.29, 1.82) is 0 Å². The van der Waals surface area contributed by atoms with Crippen molar-refractivity contribution in [3.05, 3.63) is 34.9 Å². The van der Waals surface area contributed by atoms with Crippen molar-refractivity contribution in [2.75, 3.05) is 6.54 Å². The van der Waals surface area contributed by atoms with Crippen LogP contribution in [0.1, 0.15) is 29.8 Å². The summed E-state index contributed by atoms with van der Waals surface area (Å²) in [5.74, 6) is -8.62. The van der Waals surface area contributed by atoms with Crippen LogP contribution >= 0.6 is 0 Å². The van der Waals surface area contributed by atoms with Gasteiger partial charge < -0.3 is 10.4 Å². The van der Waals surface area contributed by atoms with E-state index in [9.17, 15) is 28.0 Å². The lowest BCUT2D eigenvalue weighted by Crippen LogP contribution is -2.52. The number of carbonyl (C=O) groups is 4. The van der Waals surface area contributed by atoms with Gasteiger partial charge in [0.05, 0.1) is 5.41 Å². The van der Waals surface area contributed by atoms with Gasteiger partial charge in [0, 0.05) is 11.1 Å². The minimum atomic E-state index is -1.79. The second kappa shape index (κ2) is 5.53. The molecule has 0 saturated heterocycles. The molecule has 1 aliphatic rings. The lowest BCUT2D eigenvalue weighted by Gasteiger charge is -2.34. The van der Waals surface area contributed by atoms with E-state index in [1.165, 1.54) is 13.8 Å². The van der Waals surface area contributed by atoms with Crippen LogP contribution in [0.5, 0.6) is 0 Å². The molecule has 0 aliphatic heterocycles. The topological polar surface area (TPSA) is 101 Å². The normalized spacial score (nSPS) is 19.2. The van der Waals surface area contributed by atoms with Crippen molar-refractivity contribution in [3.63, 3.8) is 0 Å². The first-order valence-corrected chi connectivity index (χ1v) is 6.65. The van der Waals surface area contributed by atoms with Gasteiger partial charge in [-0.15, -0.1) is 0 Å². The molecule has 0 fully saturated rings. The van der Waals surface area contributed by atoms with Crippen LogP contribution in [0.4, 0.5) is 8.78 Å². The Kier molecular flexibility index (Phi) is 4.02. The van der Waals surface area contributed by atoms with Crippen LogP contribution in [0, 0.1) is 17.6 Å². The van der Waals surface area contributed by atoms with Gasteiger partial charge in [-0.3, -0.25) is 19.2 Å².